The van der Waals surface area contributed by atoms with Gasteiger partial charge >= 0.3 is 6.36 Å². The average molecular weight is 594 g/mol. The number of likely N-dealkylation sites (tertiary alicyclic amines) is 1. The summed E-state index contributed by atoms with van der Waals surface area (Å²) in [5.74, 6) is -1.72. The summed E-state index contributed by atoms with van der Waals surface area (Å²) in [7, 11) is -4.35. The normalized spacial score (nSPS) is 20.2. The number of sulfonamides is 1. The van der Waals surface area contributed by atoms with E-state index in [0.717, 1.165) is 29.7 Å². The number of aliphatic hydroxyl groups excluding tert-OH is 1. The first-order chi connectivity index (χ1) is 19.2. The number of nitrogens with zero attached hydrogens (tertiary/aromatic N) is 2. The SMILES string of the molecule is CC(C)C(=O)N1C[C@@H](NS(=O)(=O)c2ccc(OC(F)(F)F)cc2)[C@H](O)[C@@H](n2c3ccccc3c3cc(F)ccc32)C1. The number of aliphatic hydroxyl groups is 1. The number of amides is 1. The maximum absolute atomic E-state index is 14.2. The topological polar surface area (TPSA) is 101 Å². The molecule has 1 fully saturated rings. The molecule has 3 aromatic carbocycles. The van der Waals surface area contributed by atoms with Crippen LogP contribution in [0.25, 0.3) is 21.8 Å². The number of benzene rings is 3. The fourth-order valence-corrected chi connectivity index (χ4v) is 6.57. The molecular weight excluding hydrogens is 566 g/mol. The highest BCUT2D eigenvalue weighted by Gasteiger charge is 2.42. The molecule has 5 rings (SSSR count). The lowest BCUT2D eigenvalue weighted by Gasteiger charge is -2.43. The Labute approximate surface area is 233 Å². The highest BCUT2D eigenvalue weighted by atomic mass is 32.2. The Morgan fingerprint density at radius 2 is 1.66 bits per heavy atom. The molecule has 1 aliphatic rings. The Hall–Kier alpha value is -3.68. The van der Waals surface area contributed by atoms with Crippen LogP contribution >= 0.6 is 0 Å². The molecule has 0 bridgehead atoms. The molecular formula is C28H27F4N3O5S. The second kappa shape index (κ2) is 10.6. The van der Waals surface area contributed by atoms with Crippen LogP contribution in [0.3, 0.4) is 0 Å². The molecule has 2 heterocycles. The number of nitrogens with one attached hydrogen (secondary N) is 1. The third-order valence-electron chi connectivity index (χ3n) is 7.11. The van der Waals surface area contributed by atoms with E-state index in [-0.39, 0.29) is 23.9 Å². The number of alkyl halides is 3. The van der Waals surface area contributed by atoms with Crippen molar-refractivity contribution >= 4 is 37.7 Å². The maximum Gasteiger partial charge on any atom is 0.573 e. The number of aromatic nitrogens is 1. The third-order valence-corrected chi connectivity index (χ3v) is 8.62. The molecule has 4 aromatic rings. The quantitative estimate of drug-likeness (QED) is 0.319. The first-order valence-corrected chi connectivity index (χ1v) is 14.3. The average Bonchev–Trinajstić information content (AvgIpc) is 3.22. The minimum absolute atomic E-state index is 0.0606. The smallest absolute Gasteiger partial charge is 0.406 e. The largest absolute Gasteiger partial charge is 0.573 e. The Kier molecular flexibility index (Phi) is 7.47. The van der Waals surface area contributed by atoms with Crippen molar-refractivity contribution in [3.63, 3.8) is 0 Å². The second-order valence-corrected chi connectivity index (χ2v) is 12.0. The molecule has 41 heavy (non-hydrogen) atoms. The summed E-state index contributed by atoms with van der Waals surface area (Å²) in [5.41, 5.74) is 1.26. The predicted molar refractivity (Wildman–Crippen MR) is 143 cm³/mol. The highest BCUT2D eigenvalue weighted by molar-refractivity contribution is 7.89. The zero-order valence-corrected chi connectivity index (χ0v) is 22.8. The fourth-order valence-electron chi connectivity index (χ4n) is 5.33. The van der Waals surface area contributed by atoms with Gasteiger partial charge in [-0.05, 0) is 48.5 Å². The van der Waals surface area contributed by atoms with E-state index in [1.54, 1.807) is 42.7 Å². The van der Waals surface area contributed by atoms with E-state index in [2.05, 4.69) is 9.46 Å². The number of ether oxygens (including phenoxy) is 1. The molecule has 0 aliphatic carbocycles. The number of carbonyl (C=O) groups is 1. The number of hydrogen-bond acceptors (Lipinski definition) is 5. The molecule has 1 aromatic heterocycles. The van der Waals surface area contributed by atoms with E-state index in [1.807, 2.05) is 6.07 Å². The van der Waals surface area contributed by atoms with Gasteiger partial charge in [0.1, 0.15) is 11.6 Å². The summed E-state index contributed by atoms with van der Waals surface area (Å²) in [5, 5.41) is 12.9. The van der Waals surface area contributed by atoms with Crippen molar-refractivity contribution in [2.75, 3.05) is 13.1 Å². The number of piperidine rings is 1. The molecule has 0 unspecified atom stereocenters. The van der Waals surface area contributed by atoms with Crippen molar-refractivity contribution in [2.45, 2.75) is 43.3 Å². The van der Waals surface area contributed by atoms with Crippen molar-refractivity contribution in [3.8, 4) is 5.75 Å². The van der Waals surface area contributed by atoms with Crippen LogP contribution in [0.15, 0.2) is 71.6 Å². The van der Waals surface area contributed by atoms with Crippen LogP contribution in [0.5, 0.6) is 5.75 Å². The van der Waals surface area contributed by atoms with Crippen LogP contribution in [-0.2, 0) is 14.8 Å². The van der Waals surface area contributed by atoms with Gasteiger partial charge in [-0.2, -0.15) is 0 Å². The molecule has 0 saturated carbocycles. The van der Waals surface area contributed by atoms with Gasteiger partial charge in [-0.15, -0.1) is 13.2 Å². The molecule has 0 spiro atoms. The van der Waals surface area contributed by atoms with E-state index in [9.17, 15) is 35.9 Å². The second-order valence-electron chi connectivity index (χ2n) is 10.3. The van der Waals surface area contributed by atoms with Crippen LogP contribution in [-0.4, -0.2) is 60.5 Å². The van der Waals surface area contributed by atoms with Crippen molar-refractivity contribution in [1.29, 1.82) is 0 Å². The minimum atomic E-state index is -4.94. The first kappa shape index (κ1) is 28.8. The predicted octanol–water partition coefficient (Wildman–Crippen LogP) is 4.58. The number of halogens is 4. The van der Waals surface area contributed by atoms with Gasteiger partial charge in [0.25, 0.3) is 0 Å². The highest BCUT2D eigenvalue weighted by Crippen LogP contribution is 2.36. The lowest BCUT2D eigenvalue weighted by atomic mass is 9.96. The zero-order chi connectivity index (χ0) is 29.7. The van der Waals surface area contributed by atoms with Gasteiger partial charge in [-0.25, -0.2) is 17.5 Å². The van der Waals surface area contributed by atoms with Gasteiger partial charge in [-0.3, -0.25) is 4.79 Å². The number of hydrogen-bond donors (Lipinski definition) is 2. The number of para-hydroxylation sites is 1. The van der Waals surface area contributed by atoms with E-state index in [4.69, 9.17) is 0 Å². The molecule has 1 amide bonds. The summed E-state index contributed by atoms with van der Waals surface area (Å²) in [4.78, 5) is 14.2. The summed E-state index contributed by atoms with van der Waals surface area (Å²) < 4.78 is 86.4. The van der Waals surface area contributed by atoms with Gasteiger partial charge in [0, 0.05) is 40.8 Å². The molecule has 2 N–H and O–H groups in total. The van der Waals surface area contributed by atoms with Gasteiger partial charge in [0.15, 0.2) is 0 Å². The summed E-state index contributed by atoms with van der Waals surface area (Å²) in [6.07, 6.45) is -6.27. The van der Waals surface area contributed by atoms with Crippen LogP contribution in [0, 0.1) is 11.7 Å². The van der Waals surface area contributed by atoms with Crippen molar-refractivity contribution in [1.82, 2.24) is 14.2 Å². The van der Waals surface area contributed by atoms with E-state index in [0.29, 0.717) is 16.4 Å². The van der Waals surface area contributed by atoms with Crippen LogP contribution in [0.1, 0.15) is 19.9 Å². The van der Waals surface area contributed by atoms with Crippen LogP contribution in [0.2, 0.25) is 0 Å². The Bertz CT molecular complexity index is 1700. The van der Waals surface area contributed by atoms with E-state index < -0.39 is 52.1 Å². The fraction of sp³-hybridized carbons (Fsp3) is 0.321. The lowest BCUT2D eigenvalue weighted by Crippen LogP contribution is -2.60. The van der Waals surface area contributed by atoms with Crippen molar-refractivity contribution < 1.29 is 40.6 Å². The standard InChI is InChI=1S/C28H27F4N3O5S/c1-16(2)27(37)34-14-22(33-41(38,39)19-10-8-18(9-11-19)40-28(30,31)32)26(36)25(15-34)35-23-6-4-3-5-20(23)21-13-17(29)7-12-24(21)35/h3-13,16,22,25-26,33,36H,14-15H2,1-2H3/t22-,25+,26+/m1/s1. The van der Waals surface area contributed by atoms with Crippen molar-refractivity contribution in [3.05, 3.63) is 72.5 Å². The minimum Gasteiger partial charge on any atom is -0.406 e. The molecule has 1 saturated heterocycles. The maximum atomic E-state index is 14.2. The molecule has 0 radical (unpaired) electrons. The summed E-state index contributed by atoms with van der Waals surface area (Å²) in [6, 6.07) is 13.1. The number of fused-ring (bicyclic) bond motifs is 3. The van der Waals surface area contributed by atoms with Crippen LogP contribution < -0.4 is 9.46 Å². The van der Waals surface area contributed by atoms with E-state index in [1.165, 1.54) is 17.0 Å². The van der Waals surface area contributed by atoms with Gasteiger partial charge in [-0.1, -0.05) is 32.0 Å². The monoisotopic (exact) mass is 593 g/mol. The summed E-state index contributed by atoms with van der Waals surface area (Å²) in [6.45, 7) is 3.32. The first-order valence-electron chi connectivity index (χ1n) is 12.8. The Balaban J connectivity index is 1.54. The lowest BCUT2D eigenvalue weighted by molar-refractivity contribution is -0.274. The number of rotatable bonds is 6. The number of carbonyl (C=O) groups excluding carboxylic acids is 1. The Morgan fingerprint density at radius 1 is 1.00 bits per heavy atom. The van der Waals surface area contributed by atoms with E-state index >= 15 is 0 Å². The van der Waals surface area contributed by atoms with Gasteiger partial charge in [0.05, 0.1) is 23.1 Å². The molecule has 1 aliphatic heterocycles. The zero-order valence-electron chi connectivity index (χ0n) is 22.0. The third kappa shape index (κ3) is 5.74. The molecule has 3 atom stereocenters. The molecule has 218 valence electrons. The molecule has 13 heteroatoms. The Morgan fingerprint density at radius 3 is 2.32 bits per heavy atom. The molecule has 8 nitrogen and oxygen atoms in total. The van der Waals surface area contributed by atoms with Crippen molar-refractivity contribution in [2.24, 2.45) is 5.92 Å². The summed E-state index contributed by atoms with van der Waals surface area (Å²) >= 11 is 0. The van der Waals surface area contributed by atoms with Crippen LogP contribution in [0.4, 0.5) is 17.6 Å². The van der Waals surface area contributed by atoms with Gasteiger partial charge in [0.2, 0.25) is 15.9 Å². The van der Waals surface area contributed by atoms with Gasteiger partial charge < -0.3 is 19.3 Å².